The molecular weight excluding hydrogens is 579 g/mol. The minimum Gasteiger partial charge on any atom is -0.298 e. The van der Waals surface area contributed by atoms with E-state index in [1.807, 2.05) is 25.1 Å². The van der Waals surface area contributed by atoms with Crippen LogP contribution < -0.4 is 4.83 Å². The van der Waals surface area contributed by atoms with Gasteiger partial charge in [0.25, 0.3) is 10.0 Å². The molecule has 0 atom stereocenters. The lowest BCUT2D eigenvalue weighted by Gasteiger charge is -2.08. The number of nitrogens with zero attached hydrogens (tertiary/aromatic N) is 1. The second kappa shape index (κ2) is 17.1. The molecule has 0 unspecified atom stereocenters. The van der Waals surface area contributed by atoms with Gasteiger partial charge in [0.15, 0.2) is 12.1 Å². The predicted molar refractivity (Wildman–Crippen MR) is 169 cm³/mol. The maximum Gasteiger partial charge on any atom is 0.276 e. The van der Waals surface area contributed by atoms with E-state index in [9.17, 15) is 18.0 Å². The standard InChI is InChI=1S/C12H13ClO.C12H16N2O2S.C7H5ClO.CH4/c13-11-8-4-3-7-10(11)12(14)9-5-1-2-6-9;1-10-6-8-12(9-7-10)17(15,16)14-13-11-4-2-3-5-11;8-7-4-2-1-3-6(7)5-9;/h3-4,7-9H,1-2,5-6H2;6-9,14H,2-5H2,1H3;1-5H;1H4. The molecule has 220 valence electrons. The van der Waals surface area contributed by atoms with Gasteiger partial charge in [-0.25, -0.2) is 4.83 Å². The first-order valence-corrected chi connectivity index (χ1v) is 15.6. The molecule has 0 spiro atoms. The topological polar surface area (TPSA) is 92.7 Å². The number of carbonyl (C=O) groups excluding carboxylic acids is 2. The van der Waals surface area contributed by atoms with Gasteiger partial charge < -0.3 is 0 Å². The van der Waals surface area contributed by atoms with Gasteiger partial charge in [-0.1, -0.05) is 91.5 Å². The summed E-state index contributed by atoms with van der Waals surface area (Å²) in [5.74, 6) is 0.447. The number of aryl methyl sites for hydroxylation is 1. The van der Waals surface area contributed by atoms with Crippen molar-refractivity contribution in [2.24, 2.45) is 11.0 Å². The van der Waals surface area contributed by atoms with Crippen LogP contribution in [0.5, 0.6) is 0 Å². The Bertz CT molecular complexity index is 1410. The number of hydrogen-bond acceptors (Lipinski definition) is 5. The van der Waals surface area contributed by atoms with Gasteiger partial charge in [0.05, 0.1) is 14.9 Å². The van der Waals surface area contributed by atoms with Crippen molar-refractivity contribution in [1.29, 1.82) is 0 Å². The second-order valence-corrected chi connectivity index (χ2v) is 12.2. The van der Waals surface area contributed by atoms with Crippen molar-refractivity contribution in [1.82, 2.24) is 4.83 Å². The summed E-state index contributed by atoms with van der Waals surface area (Å²) < 4.78 is 23.8. The molecule has 0 bridgehead atoms. The molecule has 2 saturated carbocycles. The van der Waals surface area contributed by atoms with Crippen LogP contribution in [0.3, 0.4) is 0 Å². The average Bonchev–Trinajstić information content (AvgIpc) is 3.68. The van der Waals surface area contributed by atoms with E-state index in [0.29, 0.717) is 21.2 Å². The largest absolute Gasteiger partial charge is 0.298 e. The summed E-state index contributed by atoms with van der Waals surface area (Å²) in [5, 5.41) is 5.07. The van der Waals surface area contributed by atoms with E-state index in [4.69, 9.17) is 23.2 Å². The van der Waals surface area contributed by atoms with Crippen molar-refractivity contribution in [3.8, 4) is 0 Å². The van der Waals surface area contributed by atoms with Crippen molar-refractivity contribution < 1.29 is 18.0 Å². The predicted octanol–water partition coefficient (Wildman–Crippen LogP) is 8.70. The van der Waals surface area contributed by atoms with Crippen molar-refractivity contribution in [2.75, 3.05) is 0 Å². The van der Waals surface area contributed by atoms with Gasteiger partial charge in [0.1, 0.15) is 0 Å². The van der Waals surface area contributed by atoms with Gasteiger partial charge in [-0.3, -0.25) is 9.59 Å². The number of nitrogens with one attached hydrogen (secondary N) is 1. The summed E-state index contributed by atoms with van der Waals surface area (Å²) >= 11 is 11.6. The van der Waals surface area contributed by atoms with Crippen LogP contribution in [0.1, 0.15) is 85.1 Å². The van der Waals surface area contributed by atoms with E-state index in [2.05, 4.69) is 9.93 Å². The van der Waals surface area contributed by atoms with E-state index < -0.39 is 10.0 Å². The SMILES string of the molecule is C.Cc1ccc(S(=O)(=O)NN=C2CCCC2)cc1.O=C(c1ccccc1Cl)C1CCCC1.O=Cc1ccccc1Cl. The summed E-state index contributed by atoms with van der Waals surface area (Å²) in [5.41, 5.74) is 3.21. The Hall–Kier alpha value is -3.00. The Morgan fingerprint density at radius 3 is 1.95 bits per heavy atom. The fraction of sp³-hybridized carbons (Fsp3) is 0.344. The van der Waals surface area contributed by atoms with Crippen LogP contribution in [-0.2, 0) is 10.0 Å². The van der Waals surface area contributed by atoms with E-state index in [-0.39, 0.29) is 24.0 Å². The first-order valence-electron chi connectivity index (χ1n) is 13.3. The van der Waals surface area contributed by atoms with Crippen LogP contribution in [0.25, 0.3) is 0 Å². The number of rotatable bonds is 6. The van der Waals surface area contributed by atoms with Crippen molar-refractivity contribution in [3.63, 3.8) is 0 Å². The maximum atomic E-state index is 12.0. The second-order valence-electron chi connectivity index (χ2n) is 9.76. The average molecular weight is 618 g/mol. The molecule has 2 aliphatic carbocycles. The number of hydrogen-bond donors (Lipinski definition) is 1. The van der Waals surface area contributed by atoms with Gasteiger partial charge >= 0.3 is 0 Å². The molecule has 0 saturated heterocycles. The molecule has 41 heavy (non-hydrogen) atoms. The summed E-state index contributed by atoms with van der Waals surface area (Å²) in [6.07, 6.45) is 9.17. The smallest absolute Gasteiger partial charge is 0.276 e. The summed E-state index contributed by atoms with van der Waals surface area (Å²) in [6, 6.07) is 21.0. The number of Topliss-reactive ketones (excluding diaryl/α,β-unsaturated/α-hetero) is 1. The van der Waals surface area contributed by atoms with Gasteiger partial charge in [0, 0.05) is 22.8 Å². The first kappa shape index (κ1) is 34.2. The third-order valence-corrected chi connectivity index (χ3v) is 8.63. The zero-order chi connectivity index (χ0) is 29.0. The lowest BCUT2D eigenvalue weighted by atomic mass is 9.96. The van der Waals surface area contributed by atoms with Crippen LogP contribution in [0.15, 0.2) is 82.8 Å². The normalized spacial score (nSPS) is 14.5. The number of sulfonamides is 1. The molecule has 2 fully saturated rings. The number of ketones is 1. The molecule has 0 heterocycles. The lowest BCUT2D eigenvalue weighted by molar-refractivity contribution is 0.0922. The molecular formula is C32H38Cl2N2O4S. The number of benzene rings is 3. The zero-order valence-electron chi connectivity index (χ0n) is 22.5. The highest BCUT2D eigenvalue weighted by Crippen LogP contribution is 2.30. The summed E-state index contributed by atoms with van der Waals surface area (Å²) in [4.78, 5) is 24.7. The summed E-state index contributed by atoms with van der Waals surface area (Å²) in [7, 11) is -3.50. The Morgan fingerprint density at radius 2 is 1.41 bits per heavy atom. The van der Waals surface area contributed by atoms with Crippen molar-refractivity contribution in [2.45, 2.75) is 70.6 Å². The Kier molecular flexibility index (Phi) is 14.2. The maximum absolute atomic E-state index is 12.0. The van der Waals surface area contributed by atoms with Crippen LogP contribution in [0.2, 0.25) is 10.0 Å². The van der Waals surface area contributed by atoms with E-state index in [0.717, 1.165) is 56.1 Å². The number of hydrazone groups is 1. The van der Waals surface area contributed by atoms with Gasteiger partial charge in [-0.05, 0) is 75.8 Å². The molecule has 6 nitrogen and oxygen atoms in total. The molecule has 0 amide bonds. The van der Waals surface area contributed by atoms with Crippen molar-refractivity contribution in [3.05, 3.63) is 99.5 Å². The number of aldehydes is 1. The molecule has 3 aromatic carbocycles. The third kappa shape index (κ3) is 10.7. The quantitative estimate of drug-likeness (QED) is 0.170. The van der Waals surface area contributed by atoms with E-state index in [1.54, 1.807) is 54.6 Å². The van der Waals surface area contributed by atoms with Gasteiger partial charge in [0.2, 0.25) is 0 Å². The Labute approximate surface area is 254 Å². The van der Waals surface area contributed by atoms with Crippen LogP contribution in [-0.4, -0.2) is 26.2 Å². The monoisotopic (exact) mass is 616 g/mol. The zero-order valence-corrected chi connectivity index (χ0v) is 24.8. The molecule has 9 heteroatoms. The Morgan fingerprint density at radius 1 is 0.854 bits per heavy atom. The molecule has 0 radical (unpaired) electrons. The lowest BCUT2D eigenvalue weighted by Crippen LogP contribution is -2.19. The van der Waals surface area contributed by atoms with Crippen LogP contribution >= 0.6 is 23.2 Å². The van der Waals surface area contributed by atoms with Crippen molar-refractivity contribution >= 4 is 51.0 Å². The molecule has 5 rings (SSSR count). The van der Waals surface area contributed by atoms with Gasteiger partial charge in [-0.15, -0.1) is 0 Å². The van der Waals surface area contributed by atoms with Gasteiger partial charge in [-0.2, -0.15) is 13.5 Å². The first-order chi connectivity index (χ1) is 19.2. The molecule has 0 aliphatic heterocycles. The molecule has 3 aromatic rings. The highest BCUT2D eigenvalue weighted by Gasteiger charge is 2.24. The van der Waals surface area contributed by atoms with Crippen LogP contribution in [0.4, 0.5) is 0 Å². The van der Waals surface area contributed by atoms with E-state index >= 15 is 0 Å². The highest BCUT2D eigenvalue weighted by molar-refractivity contribution is 7.89. The molecule has 1 N–H and O–H groups in total. The minimum absolute atomic E-state index is 0. The molecule has 2 aliphatic rings. The van der Waals surface area contributed by atoms with E-state index in [1.165, 1.54) is 12.8 Å². The Balaban J connectivity index is 0.000000222. The minimum atomic E-state index is -3.50. The fourth-order valence-corrected chi connectivity index (χ4v) is 5.69. The van der Waals surface area contributed by atoms with Crippen LogP contribution in [0, 0.1) is 12.8 Å². The number of halogens is 2. The third-order valence-electron chi connectivity index (χ3n) is 6.73. The summed E-state index contributed by atoms with van der Waals surface area (Å²) in [6.45, 7) is 1.92. The number of carbonyl (C=O) groups is 2. The fourth-order valence-electron chi connectivity index (χ4n) is 4.43. The molecule has 0 aromatic heterocycles. The highest BCUT2D eigenvalue weighted by atomic mass is 35.5.